The number of alkyl halides is 1. The number of fused-ring (bicyclic) bond motifs is 1. The molecule has 1 aromatic heterocycles. The van der Waals surface area contributed by atoms with Gasteiger partial charge in [0.15, 0.2) is 5.78 Å². The molecule has 13 heavy (non-hydrogen) atoms. The highest BCUT2D eigenvalue weighted by atomic mass is 79.9. The molecule has 4 heteroatoms. The van der Waals surface area contributed by atoms with E-state index in [1.807, 2.05) is 18.2 Å². The summed E-state index contributed by atoms with van der Waals surface area (Å²) in [4.78, 5) is 15.5. The Balaban J connectivity index is 2.54. The van der Waals surface area contributed by atoms with Crippen molar-refractivity contribution < 1.29 is 4.79 Å². The number of carbonyl (C=O) groups excluding carboxylic acids is 1. The predicted molar refractivity (Wildman–Crippen MR) is 57.7 cm³/mol. The van der Waals surface area contributed by atoms with Gasteiger partial charge in [-0.15, -0.1) is 11.3 Å². The number of benzene rings is 1. The first-order valence-corrected chi connectivity index (χ1v) is 5.74. The largest absolute Gasteiger partial charge is 0.293 e. The lowest BCUT2D eigenvalue weighted by molar-refractivity contribution is 0.102. The molecule has 0 spiro atoms. The lowest BCUT2D eigenvalue weighted by atomic mass is 10.1. The van der Waals surface area contributed by atoms with E-state index in [0.29, 0.717) is 5.33 Å². The third-order valence-electron chi connectivity index (χ3n) is 1.77. The molecular formula is C9H6BrNOS. The van der Waals surface area contributed by atoms with Crippen LogP contribution in [0, 0.1) is 0 Å². The highest BCUT2D eigenvalue weighted by Gasteiger charge is 2.05. The molecule has 0 unspecified atom stereocenters. The van der Waals surface area contributed by atoms with Gasteiger partial charge in [0.1, 0.15) is 0 Å². The Morgan fingerprint density at radius 3 is 3.15 bits per heavy atom. The maximum absolute atomic E-state index is 11.3. The average molecular weight is 256 g/mol. The predicted octanol–water partition coefficient (Wildman–Crippen LogP) is 2.87. The van der Waals surface area contributed by atoms with E-state index in [-0.39, 0.29) is 5.78 Å². The van der Waals surface area contributed by atoms with Crippen molar-refractivity contribution in [2.24, 2.45) is 0 Å². The van der Waals surface area contributed by atoms with Crippen molar-refractivity contribution in [2.75, 3.05) is 5.33 Å². The molecule has 0 aliphatic carbocycles. The number of thiazole rings is 1. The molecule has 0 radical (unpaired) electrons. The standard InChI is InChI=1S/C9H6BrNOS/c10-4-8(12)6-1-2-9-7(3-6)11-5-13-9/h1-3,5H,4H2. The maximum atomic E-state index is 11.3. The minimum Gasteiger partial charge on any atom is -0.293 e. The zero-order valence-corrected chi connectivity index (χ0v) is 9.06. The summed E-state index contributed by atoms with van der Waals surface area (Å²) in [5, 5.41) is 0.364. The van der Waals surface area contributed by atoms with Crippen LogP contribution < -0.4 is 0 Å². The van der Waals surface area contributed by atoms with Crippen LogP contribution in [0.1, 0.15) is 10.4 Å². The Labute approximate surface area is 87.7 Å². The van der Waals surface area contributed by atoms with Crippen LogP contribution in [0.5, 0.6) is 0 Å². The van der Waals surface area contributed by atoms with Gasteiger partial charge >= 0.3 is 0 Å². The van der Waals surface area contributed by atoms with Crippen molar-refractivity contribution in [1.29, 1.82) is 0 Å². The van der Waals surface area contributed by atoms with Gasteiger partial charge in [0, 0.05) is 5.56 Å². The van der Waals surface area contributed by atoms with Crippen molar-refractivity contribution >= 4 is 43.3 Å². The van der Waals surface area contributed by atoms with Gasteiger partial charge in [-0.2, -0.15) is 0 Å². The Hall–Kier alpha value is -0.740. The van der Waals surface area contributed by atoms with E-state index in [2.05, 4.69) is 20.9 Å². The summed E-state index contributed by atoms with van der Waals surface area (Å²) in [5.74, 6) is 0.0925. The Kier molecular flexibility index (Phi) is 2.42. The maximum Gasteiger partial charge on any atom is 0.173 e. The molecule has 1 aromatic carbocycles. The monoisotopic (exact) mass is 255 g/mol. The van der Waals surface area contributed by atoms with Crippen molar-refractivity contribution in [2.45, 2.75) is 0 Å². The van der Waals surface area contributed by atoms with Gasteiger partial charge < -0.3 is 0 Å². The molecule has 0 aliphatic heterocycles. The van der Waals surface area contributed by atoms with Crippen molar-refractivity contribution in [3.8, 4) is 0 Å². The van der Waals surface area contributed by atoms with Crippen LogP contribution >= 0.6 is 27.3 Å². The SMILES string of the molecule is O=C(CBr)c1ccc2scnc2c1. The Morgan fingerprint density at radius 2 is 2.38 bits per heavy atom. The van der Waals surface area contributed by atoms with Crippen LogP contribution in [0.4, 0.5) is 0 Å². The molecule has 2 rings (SSSR count). The summed E-state index contributed by atoms with van der Waals surface area (Å²) in [6.07, 6.45) is 0. The van der Waals surface area contributed by atoms with Gasteiger partial charge in [0.2, 0.25) is 0 Å². The first-order chi connectivity index (χ1) is 6.31. The third kappa shape index (κ3) is 1.64. The fourth-order valence-electron chi connectivity index (χ4n) is 1.11. The van der Waals surface area contributed by atoms with Crippen molar-refractivity contribution in [1.82, 2.24) is 4.98 Å². The Morgan fingerprint density at radius 1 is 1.54 bits per heavy atom. The molecule has 0 bridgehead atoms. The molecule has 2 aromatic rings. The molecule has 0 atom stereocenters. The average Bonchev–Trinajstić information content (AvgIpc) is 2.63. The molecule has 0 saturated carbocycles. The minimum absolute atomic E-state index is 0.0925. The van der Waals surface area contributed by atoms with Crippen LogP contribution in [0.2, 0.25) is 0 Å². The Bertz CT molecular complexity index is 452. The number of nitrogens with zero attached hydrogens (tertiary/aromatic N) is 1. The number of hydrogen-bond donors (Lipinski definition) is 0. The van der Waals surface area contributed by atoms with E-state index in [0.717, 1.165) is 15.8 Å². The summed E-state index contributed by atoms with van der Waals surface area (Å²) >= 11 is 4.72. The van der Waals surface area contributed by atoms with Crippen LogP contribution in [0.15, 0.2) is 23.7 Å². The first kappa shape index (κ1) is 8.84. The molecule has 0 aliphatic rings. The number of Topliss-reactive ketones (excluding diaryl/α,β-unsaturated/α-hetero) is 1. The number of carbonyl (C=O) groups is 1. The number of ketones is 1. The van der Waals surface area contributed by atoms with Gasteiger partial charge in [-0.05, 0) is 18.2 Å². The van der Waals surface area contributed by atoms with Crippen molar-refractivity contribution in [3.05, 3.63) is 29.3 Å². The van der Waals surface area contributed by atoms with E-state index >= 15 is 0 Å². The van der Waals surface area contributed by atoms with E-state index < -0.39 is 0 Å². The second kappa shape index (κ2) is 3.55. The minimum atomic E-state index is 0.0925. The first-order valence-electron chi connectivity index (χ1n) is 3.73. The molecule has 0 amide bonds. The topological polar surface area (TPSA) is 30.0 Å². The second-order valence-corrected chi connectivity index (χ2v) is 4.04. The summed E-state index contributed by atoms with van der Waals surface area (Å²) in [7, 11) is 0. The fourth-order valence-corrected chi connectivity index (χ4v) is 2.09. The van der Waals surface area contributed by atoms with E-state index in [1.54, 1.807) is 16.8 Å². The lowest BCUT2D eigenvalue weighted by Gasteiger charge is -1.95. The quantitative estimate of drug-likeness (QED) is 0.610. The van der Waals surface area contributed by atoms with Crippen LogP contribution in [-0.4, -0.2) is 16.1 Å². The third-order valence-corrected chi connectivity index (χ3v) is 3.09. The summed E-state index contributed by atoms with van der Waals surface area (Å²) in [6, 6.07) is 5.60. The van der Waals surface area contributed by atoms with Crippen LogP contribution in [-0.2, 0) is 0 Å². The molecular weight excluding hydrogens is 250 g/mol. The molecule has 66 valence electrons. The smallest absolute Gasteiger partial charge is 0.173 e. The van der Waals surface area contributed by atoms with Crippen LogP contribution in [0.3, 0.4) is 0 Å². The number of aromatic nitrogens is 1. The zero-order valence-electron chi connectivity index (χ0n) is 6.66. The molecule has 0 N–H and O–H groups in total. The normalized spacial score (nSPS) is 10.5. The van der Waals surface area contributed by atoms with E-state index in [9.17, 15) is 4.79 Å². The van der Waals surface area contributed by atoms with E-state index in [4.69, 9.17) is 0 Å². The summed E-state index contributed by atoms with van der Waals surface area (Å²) in [5.41, 5.74) is 3.40. The van der Waals surface area contributed by atoms with Gasteiger partial charge in [0.05, 0.1) is 21.1 Å². The number of rotatable bonds is 2. The van der Waals surface area contributed by atoms with Gasteiger partial charge in [-0.1, -0.05) is 15.9 Å². The van der Waals surface area contributed by atoms with Gasteiger partial charge in [-0.3, -0.25) is 4.79 Å². The molecule has 2 nitrogen and oxygen atoms in total. The summed E-state index contributed by atoms with van der Waals surface area (Å²) in [6.45, 7) is 0. The molecule has 0 fully saturated rings. The fraction of sp³-hybridized carbons (Fsp3) is 0.111. The molecule has 0 saturated heterocycles. The molecule has 1 heterocycles. The zero-order chi connectivity index (χ0) is 9.26. The highest BCUT2D eigenvalue weighted by Crippen LogP contribution is 2.19. The number of halogens is 1. The highest BCUT2D eigenvalue weighted by molar-refractivity contribution is 9.09. The second-order valence-electron chi connectivity index (χ2n) is 2.59. The number of hydrogen-bond acceptors (Lipinski definition) is 3. The van der Waals surface area contributed by atoms with Crippen molar-refractivity contribution in [3.63, 3.8) is 0 Å². The van der Waals surface area contributed by atoms with Gasteiger partial charge in [0.25, 0.3) is 0 Å². The van der Waals surface area contributed by atoms with Crippen LogP contribution in [0.25, 0.3) is 10.2 Å². The van der Waals surface area contributed by atoms with E-state index in [1.165, 1.54) is 0 Å². The lowest BCUT2D eigenvalue weighted by Crippen LogP contribution is -1.98. The van der Waals surface area contributed by atoms with Gasteiger partial charge in [-0.25, -0.2) is 4.98 Å². The summed E-state index contributed by atoms with van der Waals surface area (Å²) < 4.78 is 1.12.